The smallest absolute Gasteiger partial charge is 0.116 e. The van der Waals surface area contributed by atoms with Gasteiger partial charge in [-0.2, -0.15) is 0 Å². The van der Waals surface area contributed by atoms with Crippen LogP contribution in [0, 0.1) is 0 Å². The molecule has 0 unspecified atom stereocenters. The van der Waals surface area contributed by atoms with E-state index in [0.717, 1.165) is 26.9 Å². The fourth-order valence-corrected chi connectivity index (χ4v) is 2.78. The zero-order chi connectivity index (χ0) is 11.1. The molecule has 4 N–H and O–H groups in total. The van der Waals surface area contributed by atoms with Crippen LogP contribution in [0.15, 0.2) is 46.2 Å². The molecule has 2 aromatic rings. The predicted octanol–water partition coefficient (Wildman–Crippen LogP) is 3.18. The molecule has 0 saturated carbocycles. The normalized spacial score (nSPS) is 12.5. The van der Waals surface area contributed by atoms with Crippen LogP contribution in [0.1, 0.15) is 0 Å². The van der Waals surface area contributed by atoms with Gasteiger partial charge in [0.2, 0.25) is 0 Å². The number of rotatable bonds is 0. The highest BCUT2D eigenvalue weighted by Crippen LogP contribution is 2.47. The fraction of sp³-hybridized carbons (Fsp3) is 0. The van der Waals surface area contributed by atoms with Crippen LogP contribution in [0.5, 0.6) is 5.75 Å². The van der Waals surface area contributed by atoms with Gasteiger partial charge in [-0.25, -0.2) is 0 Å². The third-order valence-electron chi connectivity index (χ3n) is 2.50. The van der Waals surface area contributed by atoms with Gasteiger partial charge >= 0.3 is 0 Å². The zero-order valence-corrected chi connectivity index (χ0v) is 9.21. The van der Waals surface area contributed by atoms with Crippen molar-refractivity contribution in [3.05, 3.63) is 36.4 Å². The molecule has 3 rings (SSSR count). The number of hydrogen-bond acceptors (Lipinski definition) is 4. The van der Waals surface area contributed by atoms with Gasteiger partial charge in [0.25, 0.3) is 0 Å². The summed E-state index contributed by atoms with van der Waals surface area (Å²) >= 11 is 1.61. The van der Waals surface area contributed by atoms with Crippen molar-refractivity contribution in [2.45, 2.75) is 9.79 Å². The van der Waals surface area contributed by atoms with Crippen molar-refractivity contribution in [2.24, 2.45) is 0 Å². The van der Waals surface area contributed by atoms with Crippen LogP contribution in [-0.2, 0) is 0 Å². The summed E-state index contributed by atoms with van der Waals surface area (Å²) in [6, 6.07) is 11.1. The van der Waals surface area contributed by atoms with Gasteiger partial charge < -0.3 is 16.2 Å². The predicted molar refractivity (Wildman–Crippen MR) is 66.4 cm³/mol. The van der Waals surface area contributed by atoms with Gasteiger partial charge in [0, 0.05) is 9.79 Å². The number of anilines is 3. The summed E-state index contributed by atoms with van der Waals surface area (Å²) in [5, 5.41) is 12.7. The summed E-state index contributed by atoms with van der Waals surface area (Å²) in [5.41, 5.74) is 8.57. The Kier molecular flexibility index (Phi) is 1.97. The average Bonchev–Trinajstić information content (AvgIpc) is 2.27. The average molecular weight is 230 g/mol. The number of nitrogens with two attached hydrogens (primary N) is 1. The number of aromatic hydroxyl groups is 1. The Balaban J connectivity index is 2.13. The first-order chi connectivity index (χ1) is 7.74. The molecule has 0 spiro atoms. The molecule has 0 atom stereocenters. The van der Waals surface area contributed by atoms with Gasteiger partial charge in [-0.1, -0.05) is 17.8 Å². The third-order valence-corrected chi connectivity index (χ3v) is 3.62. The first kappa shape index (κ1) is 9.42. The van der Waals surface area contributed by atoms with E-state index in [2.05, 4.69) is 5.32 Å². The second kappa shape index (κ2) is 3.35. The van der Waals surface area contributed by atoms with Gasteiger partial charge in [-0.05, 0) is 30.3 Å². The van der Waals surface area contributed by atoms with Crippen LogP contribution >= 0.6 is 11.8 Å². The Morgan fingerprint density at radius 3 is 2.88 bits per heavy atom. The SMILES string of the molecule is Nc1cccc2c1Nc1ccc(O)cc1S2. The van der Waals surface area contributed by atoms with E-state index in [-0.39, 0.29) is 5.75 Å². The summed E-state index contributed by atoms with van der Waals surface area (Å²) < 4.78 is 0. The molecule has 1 heterocycles. The molecule has 80 valence electrons. The van der Waals surface area contributed by atoms with Crippen LogP contribution in [0.2, 0.25) is 0 Å². The number of nitrogens with one attached hydrogen (secondary N) is 1. The van der Waals surface area contributed by atoms with E-state index in [4.69, 9.17) is 5.73 Å². The van der Waals surface area contributed by atoms with E-state index in [1.807, 2.05) is 24.3 Å². The van der Waals surface area contributed by atoms with Gasteiger partial charge in [0.05, 0.1) is 17.1 Å². The fourth-order valence-electron chi connectivity index (χ4n) is 1.72. The van der Waals surface area contributed by atoms with Crippen LogP contribution in [0.25, 0.3) is 0 Å². The maximum Gasteiger partial charge on any atom is 0.116 e. The second-order valence-corrected chi connectivity index (χ2v) is 4.71. The molecule has 0 aromatic heterocycles. The molecule has 2 aromatic carbocycles. The summed E-state index contributed by atoms with van der Waals surface area (Å²) in [4.78, 5) is 2.09. The quantitative estimate of drug-likeness (QED) is 0.410. The lowest BCUT2D eigenvalue weighted by Gasteiger charge is -2.21. The van der Waals surface area contributed by atoms with Crippen molar-refractivity contribution < 1.29 is 5.11 Å². The van der Waals surface area contributed by atoms with E-state index >= 15 is 0 Å². The maximum absolute atomic E-state index is 9.42. The molecule has 1 aliphatic heterocycles. The molecule has 0 radical (unpaired) electrons. The molecule has 0 amide bonds. The minimum absolute atomic E-state index is 0.278. The minimum atomic E-state index is 0.278. The summed E-state index contributed by atoms with van der Waals surface area (Å²) in [5.74, 6) is 0.278. The van der Waals surface area contributed by atoms with Crippen LogP contribution in [-0.4, -0.2) is 5.11 Å². The zero-order valence-electron chi connectivity index (χ0n) is 8.40. The molecule has 1 aliphatic rings. The Hall–Kier alpha value is -1.81. The van der Waals surface area contributed by atoms with Gasteiger partial charge in [0.1, 0.15) is 5.75 Å². The number of phenols is 1. The largest absolute Gasteiger partial charge is 0.508 e. The Morgan fingerprint density at radius 1 is 1.12 bits per heavy atom. The molecule has 0 fully saturated rings. The molecule has 16 heavy (non-hydrogen) atoms. The first-order valence-corrected chi connectivity index (χ1v) is 5.72. The van der Waals surface area contributed by atoms with Crippen molar-refractivity contribution in [3.63, 3.8) is 0 Å². The van der Waals surface area contributed by atoms with E-state index < -0.39 is 0 Å². The molecular formula is C12H10N2OS. The van der Waals surface area contributed by atoms with E-state index in [1.54, 1.807) is 23.9 Å². The van der Waals surface area contributed by atoms with Crippen LogP contribution in [0.4, 0.5) is 17.1 Å². The Labute approximate surface area is 97.3 Å². The highest BCUT2D eigenvalue weighted by atomic mass is 32.2. The van der Waals surface area contributed by atoms with Crippen molar-refractivity contribution in [1.82, 2.24) is 0 Å². The van der Waals surface area contributed by atoms with Crippen LogP contribution in [0.3, 0.4) is 0 Å². The Bertz CT molecular complexity index is 569. The topological polar surface area (TPSA) is 58.3 Å². The highest BCUT2D eigenvalue weighted by molar-refractivity contribution is 7.99. The number of fused-ring (bicyclic) bond motifs is 2. The minimum Gasteiger partial charge on any atom is -0.508 e. The van der Waals surface area contributed by atoms with E-state index in [1.165, 1.54) is 0 Å². The molecule has 0 aliphatic carbocycles. The number of phenolic OH excluding ortho intramolecular Hbond substituents is 1. The Morgan fingerprint density at radius 2 is 2.00 bits per heavy atom. The van der Waals surface area contributed by atoms with Crippen molar-refractivity contribution >= 4 is 28.8 Å². The summed E-state index contributed by atoms with van der Waals surface area (Å²) in [7, 11) is 0. The number of para-hydroxylation sites is 1. The number of nitrogen functional groups attached to an aromatic ring is 1. The number of benzene rings is 2. The third kappa shape index (κ3) is 1.39. The molecule has 3 nitrogen and oxygen atoms in total. The highest BCUT2D eigenvalue weighted by Gasteiger charge is 2.17. The standard InChI is InChI=1S/C12H10N2OS/c13-8-2-1-3-10-12(8)14-9-5-4-7(15)6-11(9)16-10/h1-6,14-15H,13H2. The van der Waals surface area contributed by atoms with E-state index in [0.29, 0.717) is 0 Å². The second-order valence-electron chi connectivity index (χ2n) is 3.63. The van der Waals surface area contributed by atoms with Gasteiger partial charge in [-0.15, -0.1) is 0 Å². The molecule has 0 saturated heterocycles. The number of hydrogen-bond donors (Lipinski definition) is 3. The molecule has 0 bridgehead atoms. The lowest BCUT2D eigenvalue weighted by Crippen LogP contribution is -2.02. The summed E-state index contributed by atoms with van der Waals surface area (Å²) in [6.07, 6.45) is 0. The van der Waals surface area contributed by atoms with Crippen molar-refractivity contribution in [3.8, 4) is 5.75 Å². The summed E-state index contributed by atoms with van der Waals surface area (Å²) in [6.45, 7) is 0. The lowest BCUT2D eigenvalue weighted by atomic mass is 10.2. The van der Waals surface area contributed by atoms with Crippen molar-refractivity contribution in [1.29, 1.82) is 0 Å². The van der Waals surface area contributed by atoms with Crippen molar-refractivity contribution in [2.75, 3.05) is 11.1 Å². The van der Waals surface area contributed by atoms with Gasteiger partial charge in [-0.3, -0.25) is 0 Å². The molecular weight excluding hydrogens is 220 g/mol. The van der Waals surface area contributed by atoms with Crippen LogP contribution < -0.4 is 11.1 Å². The molecule has 4 heteroatoms. The first-order valence-electron chi connectivity index (χ1n) is 4.90. The van der Waals surface area contributed by atoms with Gasteiger partial charge in [0.15, 0.2) is 0 Å². The lowest BCUT2D eigenvalue weighted by molar-refractivity contribution is 0.474. The van der Waals surface area contributed by atoms with E-state index in [9.17, 15) is 5.11 Å². The monoisotopic (exact) mass is 230 g/mol. The maximum atomic E-state index is 9.42.